The molecule has 4 saturated heterocycles. The highest BCUT2D eigenvalue weighted by Gasteiger charge is 2.56. The quantitative estimate of drug-likeness (QED) is 0.0216. The van der Waals surface area contributed by atoms with Crippen LogP contribution in [0.1, 0.15) is 78.2 Å². The summed E-state index contributed by atoms with van der Waals surface area (Å²) >= 11 is 0. The number of hydrogen-bond donors (Lipinski definition) is 14. The van der Waals surface area contributed by atoms with Crippen LogP contribution in [0.25, 0.3) is 0 Å². The summed E-state index contributed by atoms with van der Waals surface area (Å²) in [6.45, 7) is 2.05. The van der Waals surface area contributed by atoms with E-state index in [0.717, 1.165) is 40.0 Å². The zero-order chi connectivity index (χ0) is 56.6. The highest BCUT2D eigenvalue weighted by Crippen LogP contribution is 2.35. The lowest BCUT2D eigenvalue weighted by Crippen LogP contribution is -2.71. The van der Waals surface area contributed by atoms with Gasteiger partial charge in [-0.25, -0.2) is 4.18 Å². The van der Waals surface area contributed by atoms with Gasteiger partial charge in [0.15, 0.2) is 25.2 Å². The van der Waals surface area contributed by atoms with Crippen molar-refractivity contribution >= 4 is 28.1 Å². The fourth-order valence-electron chi connectivity index (χ4n) is 9.44. The third kappa shape index (κ3) is 18.4. The maximum Gasteiger partial charge on any atom is 0.397 e. The molecule has 3 amide bonds. The van der Waals surface area contributed by atoms with Gasteiger partial charge in [0.1, 0.15) is 97.1 Å². The van der Waals surface area contributed by atoms with Crippen molar-refractivity contribution in [2.75, 3.05) is 33.0 Å². The monoisotopic (exact) mass is 1130 g/mol. The summed E-state index contributed by atoms with van der Waals surface area (Å²) in [5.41, 5.74) is 0.693. The van der Waals surface area contributed by atoms with Crippen molar-refractivity contribution < 1.29 is 115 Å². The van der Waals surface area contributed by atoms with Crippen molar-refractivity contribution in [1.82, 2.24) is 21.3 Å². The van der Waals surface area contributed by atoms with Crippen LogP contribution in [-0.2, 0) is 68.7 Å². The largest absolute Gasteiger partial charge is 0.494 e. The highest BCUT2D eigenvalue weighted by molar-refractivity contribution is 7.80. The van der Waals surface area contributed by atoms with Crippen LogP contribution < -0.4 is 26.0 Å². The number of ether oxygens (including phenoxy) is 8. The molecule has 0 aliphatic carbocycles. The smallest absolute Gasteiger partial charge is 0.397 e. The van der Waals surface area contributed by atoms with Crippen LogP contribution in [0.15, 0.2) is 36.4 Å². The third-order valence-corrected chi connectivity index (χ3v) is 13.7. The van der Waals surface area contributed by atoms with Gasteiger partial charge in [-0.1, -0.05) is 50.5 Å². The van der Waals surface area contributed by atoms with Crippen molar-refractivity contribution in [3.8, 4) is 5.75 Å². The minimum absolute atomic E-state index is 0.0545. The standard InChI is InChI=1S/C48H78N4O24S/c1-5-6-7-8-9-10-11-12-13-17-68-28-16-14-15-27(18-28)19-49-34-38(60)37(59)29(20-53)71-46(34)74-42-30(21-54)72-47(35(40(42)62)51-25(3)57)75-43-31(22-55)73-48(36(41(43)63)52-26(4)58)76-44-32(23-69-77(65,66)67)70-45(64)33(39(44)61)50-24(2)56/h10-11,14-16,18,29-49,53-55,59-64H,5-9,12-13,17,19-23H2,1-4H3,(H,50,56)(H,51,57)(H,52,58)(H,65,66,67)/t29?,30-,31?,32-,33?,34?,35?,36?,37+,38+,39?,40?,41+,42+,43+,44+,45+,46-,47-,48-/m0/s1. The molecule has 1 aromatic rings. The molecule has 29 heteroatoms. The predicted octanol–water partition coefficient (Wildman–Crippen LogP) is -4.01. The molecule has 0 saturated carbocycles. The molecule has 0 radical (unpaired) electrons. The van der Waals surface area contributed by atoms with E-state index in [1.165, 1.54) is 25.7 Å². The Balaban J connectivity index is 1.32. The van der Waals surface area contributed by atoms with Gasteiger partial charge < -0.3 is 105 Å². The van der Waals surface area contributed by atoms with E-state index >= 15 is 0 Å². The van der Waals surface area contributed by atoms with Crippen LogP contribution in [0, 0.1) is 0 Å². The number of benzene rings is 1. The first-order valence-corrected chi connectivity index (χ1v) is 27.0. The Kier molecular flexibility index (Phi) is 25.7. The van der Waals surface area contributed by atoms with E-state index in [2.05, 4.69) is 44.5 Å². The molecule has 0 aromatic heterocycles. The minimum atomic E-state index is -5.15. The van der Waals surface area contributed by atoms with Crippen molar-refractivity contribution in [2.24, 2.45) is 0 Å². The molecule has 440 valence electrons. The number of carbonyl (C=O) groups is 3. The van der Waals surface area contributed by atoms with Crippen LogP contribution >= 0.6 is 0 Å². The van der Waals surface area contributed by atoms with Gasteiger partial charge in [0.05, 0.1) is 39.1 Å². The minimum Gasteiger partial charge on any atom is -0.494 e. The Morgan fingerprint density at radius 2 is 1.10 bits per heavy atom. The van der Waals surface area contributed by atoms with Crippen LogP contribution in [0.4, 0.5) is 0 Å². The zero-order valence-corrected chi connectivity index (χ0v) is 44.1. The SMILES string of the molecule is CCCCCCC=CCCCOc1cccc(CNC2[C@H](O[C@H]3C(O)C(NC(C)=O)[C@H](O[C@@H]4C(CO)O[C@@H](O[C@H]5C(O)C(NC(C)=O)[C@H](O)O[C@H]5COS(=O)(=O)O)C(NC(C)=O)[C@H]4O)O[C@H]3CO)OC(CO)[C@@H](O)[C@@H]2O)c1. The number of amides is 3. The molecule has 28 nitrogen and oxygen atoms in total. The lowest BCUT2D eigenvalue weighted by Gasteiger charge is -2.51. The Bertz CT molecular complexity index is 2130. The molecule has 4 fully saturated rings. The fraction of sp³-hybridized carbons (Fsp3) is 0.771. The van der Waals surface area contributed by atoms with Gasteiger partial charge in [-0.05, 0) is 43.4 Å². The summed E-state index contributed by atoms with van der Waals surface area (Å²) < 4.78 is 84.3. The number of aliphatic hydroxyl groups excluding tert-OH is 9. The Labute approximate surface area is 446 Å². The van der Waals surface area contributed by atoms with Crippen molar-refractivity contribution in [3.05, 3.63) is 42.0 Å². The molecule has 77 heavy (non-hydrogen) atoms. The normalized spacial score (nSPS) is 35.8. The van der Waals surface area contributed by atoms with Crippen LogP contribution in [-0.4, -0.2) is 232 Å². The first-order valence-electron chi connectivity index (χ1n) is 25.6. The summed E-state index contributed by atoms with van der Waals surface area (Å²) in [6.07, 6.45) is -16.4. The number of rotatable bonds is 28. The Morgan fingerprint density at radius 3 is 1.62 bits per heavy atom. The van der Waals surface area contributed by atoms with Gasteiger partial charge in [0.25, 0.3) is 0 Å². The summed E-state index contributed by atoms with van der Waals surface area (Å²) in [5, 5.41) is 110. The predicted molar refractivity (Wildman–Crippen MR) is 263 cm³/mol. The first-order chi connectivity index (χ1) is 36.6. The molecule has 20 atom stereocenters. The number of allylic oxidation sites excluding steroid dienone is 2. The van der Waals surface area contributed by atoms with Gasteiger partial charge in [0, 0.05) is 27.3 Å². The lowest BCUT2D eigenvalue weighted by molar-refractivity contribution is -0.362. The molecule has 5 rings (SSSR count). The molecule has 1 aromatic carbocycles. The number of unbranched alkanes of at least 4 members (excludes halogenated alkanes) is 5. The van der Waals surface area contributed by atoms with Crippen LogP contribution in [0.3, 0.4) is 0 Å². The molecule has 0 spiro atoms. The maximum absolute atomic E-state index is 12.7. The molecule has 4 aliphatic rings. The number of nitrogens with one attached hydrogen (secondary N) is 4. The van der Waals surface area contributed by atoms with Crippen molar-refractivity contribution in [3.63, 3.8) is 0 Å². The van der Waals surface area contributed by atoms with Gasteiger partial charge >= 0.3 is 10.4 Å². The summed E-state index contributed by atoms with van der Waals surface area (Å²) in [6, 6.07) is 0.840. The molecule has 14 N–H and O–H groups in total. The molecule has 4 heterocycles. The van der Waals surface area contributed by atoms with Gasteiger partial charge in [-0.15, -0.1) is 0 Å². The topological polar surface area (TPSA) is 419 Å². The Hall–Kier alpha value is -3.64. The van der Waals surface area contributed by atoms with E-state index < -0.39 is 177 Å². The molecular weight excluding hydrogens is 1050 g/mol. The van der Waals surface area contributed by atoms with Gasteiger partial charge in [0.2, 0.25) is 17.7 Å². The molecule has 8 unspecified atom stereocenters. The third-order valence-electron chi connectivity index (χ3n) is 13.3. The van der Waals surface area contributed by atoms with E-state index in [0.29, 0.717) is 17.9 Å². The number of carbonyl (C=O) groups excluding carboxylic acids is 3. The van der Waals surface area contributed by atoms with E-state index in [1.807, 2.05) is 0 Å². The maximum atomic E-state index is 12.7. The zero-order valence-electron chi connectivity index (χ0n) is 43.3. The van der Waals surface area contributed by atoms with E-state index in [9.17, 15) is 73.3 Å². The Morgan fingerprint density at radius 1 is 0.610 bits per heavy atom. The number of hydrogen-bond acceptors (Lipinski definition) is 24. The summed E-state index contributed by atoms with van der Waals surface area (Å²) in [5.74, 6) is -1.75. The van der Waals surface area contributed by atoms with Crippen LogP contribution in [0.5, 0.6) is 5.75 Å². The van der Waals surface area contributed by atoms with E-state index in [4.69, 9.17) is 37.9 Å². The summed E-state index contributed by atoms with van der Waals surface area (Å²) in [7, 11) is -5.15. The number of aliphatic hydroxyl groups is 9. The first kappa shape index (κ1) is 64.2. The lowest BCUT2D eigenvalue weighted by atomic mass is 9.93. The average molecular weight is 1130 g/mol. The summed E-state index contributed by atoms with van der Waals surface area (Å²) in [4.78, 5) is 37.3. The van der Waals surface area contributed by atoms with E-state index in [1.54, 1.807) is 24.3 Å². The second kappa shape index (κ2) is 30.8. The van der Waals surface area contributed by atoms with Gasteiger partial charge in [-0.2, -0.15) is 8.42 Å². The van der Waals surface area contributed by atoms with Gasteiger partial charge in [-0.3, -0.25) is 18.9 Å². The van der Waals surface area contributed by atoms with Crippen LogP contribution in [0.2, 0.25) is 0 Å². The van der Waals surface area contributed by atoms with Crippen molar-refractivity contribution in [1.29, 1.82) is 0 Å². The van der Waals surface area contributed by atoms with E-state index in [-0.39, 0.29) is 6.54 Å². The van der Waals surface area contributed by atoms with Crippen molar-refractivity contribution in [2.45, 2.75) is 202 Å². The second-order valence-corrected chi connectivity index (χ2v) is 20.3. The second-order valence-electron chi connectivity index (χ2n) is 19.3. The molecule has 4 aliphatic heterocycles. The highest BCUT2D eigenvalue weighted by atomic mass is 32.3. The molecule has 0 bridgehead atoms. The average Bonchev–Trinajstić information content (AvgIpc) is 3.37. The molecular formula is C48H78N4O24S. The fourth-order valence-corrected chi connectivity index (χ4v) is 9.74.